The molecule has 0 aliphatic carbocycles. The molecule has 2 bridgehead atoms. The number of ketones is 1. The summed E-state index contributed by atoms with van der Waals surface area (Å²) in [6.07, 6.45) is 5.44. The zero-order valence-electron chi connectivity index (χ0n) is 10.2. The normalized spacial score (nSPS) is 23.6. The smallest absolute Gasteiger partial charge is 0.182 e. The van der Waals surface area contributed by atoms with E-state index < -0.39 is 0 Å². The third kappa shape index (κ3) is 1.38. The summed E-state index contributed by atoms with van der Waals surface area (Å²) in [6, 6.07) is 13.8. The average molecular weight is 248 g/mol. The predicted octanol–water partition coefficient (Wildman–Crippen LogP) is 2.82. The lowest BCUT2D eigenvalue weighted by molar-refractivity contribution is -0.116. The van der Waals surface area contributed by atoms with Crippen LogP contribution in [-0.2, 0) is 4.79 Å². The van der Waals surface area contributed by atoms with Crippen molar-refractivity contribution < 1.29 is 4.79 Å². The van der Waals surface area contributed by atoms with Crippen LogP contribution in [0.4, 0.5) is 5.82 Å². The Hall–Kier alpha value is -2.42. The first-order valence-corrected chi connectivity index (χ1v) is 6.36. The lowest BCUT2D eigenvalue weighted by Crippen LogP contribution is -2.33. The quantitative estimate of drug-likeness (QED) is 0.778. The van der Waals surface area contributed by atoms with E-state index in [1.165, 1.54) is 5.56 Å². The lowest BCUT2D eigenvalue weighted by atomic mass is 10.0. The molecule has 2 aliphatic rings. The van der Waals surface area contributed by atoms with Gasteiger partial charge in [-0.05, 0) is 29.3 Å². The van der Waals surface area contributed by atoms with Crippen molar-refractivity contribution in [2.45, 2.75) is 12.1 Å². The van der Waals surface area contributed by atoms with E-state index in [1.807, 2.05) is 42.5 Å². The number of pyridine rings is 1. The van der Waals surface area contributed by atoms with E-state index in [4.69, 9.17) is 0 Å². The number of aromatic nitrogens is 1. The van der Waals surface area contributed by atoms with Gasteiger partial charge in [0.2, 0.25) is 0 Å². The number of anilines is 1. The minimum absolute atomic E-state index is 0.119. The third-order valence-corrected chi connectivity index (χ3v) is 3.81. The maximum atomic E-state index is 12.2. The molecule has 3 heterocycles. The highest BCUT2D eigenvalue weighted by Gasteiger charge is 2.43. The van der Waals surface area contributed by atoms with Crippen molar-refractivity contribution in [1.29, 1.82) is 0 Å². The van der Waals surface area contributed by atoms with Gasteiger partial charge < -0.3 is 4.90 Å². The molecular weight excluding hydrogens is 236 g/mol. The van der Waals surface area contributed by atoms with Gasteiger partial charge in [0.05, 0.1) is 6.04 Å². The second-order valence-corrected chi connectivity index (χ2v) is 4.83. The second-order valence-electron chi connectivity index (χ2n) is 4.83. The van der Waals surface area contributed by atoms with Crippen LogP contribution in [0.15, 0.2) is 60.8 Å². The van der Waals surface area contributed by atoms with Crippen molar-refractivity contribution in [3.8, 4) is 0 Å². The van der Waals surface area contributed by atoms with Crippen molar-refractivity contribution in [2.24, 2.45) is 0 Å². The molecule has 0 spiro atoms. The number of rotatable bonds is 1. The van der Waals surface area contributed by atoms with Gasteiger partial charge in [-0.15, -0.1) is 0 Å². The maximum absolute atomic E-state index is 12.2. The van der Waals surface area contributed by atoms with Crippen LogP contribution < -0.4 is 4.90 Å². The minimum Gasteiger partial charge on any atom is -0.332 e. The SMILES string of the molecule is O=C1C=CC2c3ccccc3C1N2c1ccccn1. The maximum Gasteiger partial charge on any atom is 0.182 e. The van der Waals surface area contributed by atoms with Gasteiger partial charge in [-0.1, -0.05) is 36.4 Å². The highest BCUT2D eigenvalue weighted by Crippen LogP contribution is 2.47. The Bertz CT molecular complexity index is 678. The first-order valence-electron chi connectivity index (χ1n) is 6.36. The number of fused-ring (bicyclic) bond motifs is 5. The van der Waals surface area contributed by atoms with Gasteiger partial charge in [0.1, 0.15) is 11.9 Å². The minimum atomic E-state index is -0.221. The van der Waals surface area contributed by atoms with E-state index in [0.717, 1.165) is 11.4 Å². The third-order valence-electron chi connectivity index (χ3n) is 3.81. The van der Waals surface area contributed by atoms with Crippen LogP contribution in [-0.4, -0.2) is 10.8 Å². The number of carbonyl (C=O) groups excluding carboxylic acids is 1. The van der Waals surface area contributed by atoms with Gasteiger partial charge in [0.25, 0.3) is 0 Å². The second kappa shape index (κ2) is 3.79. The summed E-state index contributed by atoms with van der Waals surface area (Å²) in [5.41, 5.74) is 2.31. The highest BCUT2D eigenvalue weighted by molar-refractivity contribution is 6.00. The van der Waals surface area contributed by atoms with Gasteiger partial charge in [0, 0.05) is 6.20 Å². The fourth-order valence-electron chi connectivity index (χ4n) is 3.03. The topological polar surface area (TPSA) is 33.2 Å². The van der Waals surface area contributed by atoms with Gasteiger partial charge in [-0.25, -0.2) is 4.98 Å². The largest absolute Gasteiger partial charge is 0.332 e. The molecule has 0 saturated carbocycles. The van der Waals surface area contributed by atoms with Gasteiger partial charge in [-0.3, -0.25) is 4.79 Å². The van der Waals surface area contributed by atoms with Crippen molar-refractivity contribution in [3.63, 3.8) is 0 Å². The number of carbonyl (C=O) groups is 1. The highest BCUT2D eigenvalue weighted by atomic mass is 16.1. The molecule has 4 rings (SSSR count). The Morgan fingerprint density at radius 3 is 2.58 bits per heavy atom. The van der Waals surface area contributed by atoms with Crippen molar-refractivity contribution in [3.05, 3.63) is 71.9 Å². The Morgan fingerprint density at radius 1 is 1.00 bits per heavy atom. The summed E-state index contributed by atoms with van der Waals surface area (Å²) in [5, 5.41) is 0. The van der Waals surface area contributed by atoms with Crippen LogP contribution in [0.3, 0.4) is 0 Å². The molecule has 2 aromatic rings. The van der Waals surface area contributed by atoms with Crippen LogP contribution in [0.25, 0.3) is 0 Å². The Balaban J connectivity index is 1.93. The van der Waals surface area contributed by atoms with E-state index in [2.05, 4.69) is 16.0 Å². The molecule has 19 heavy (non-hydrogen) atoms. The molecule has 3 nitrogen and oxygen atoms in total. The lowest BCUT2D eigenvalue weighted by Gasteiger charge is -2.31. The summed E-state index contributed by atoms with van der Waals surface area (Å²) in [4.78, 5) is 18.7. The molecule has 2 aliphatic heterocycles. The van der Waals surface area contributed by atoms with Crippen molar-refractivity contribution >= 4 is 11.6 Å². The molecule has 0 radical (unpaired) electrons. The van der Waals surface area contributed by atoms with Crippen molar-refractivity contribution in [1.82, 2.24) is 4.98 Å². The van der Waals surface area contributed by atoms with Crippen LogP contribution in [0.2, 0.25) is 0 Å². The Labute approximate surface area is 111 Å². The summed E-state index contributed by atoms with van der Waals surface area (Å²) in [7, 11) is 0. The van der Waals surface area contributed by atoms with Crippen LogP contribution in [0, 0.1) is 0 Å². The van der Waals surface area contributed by atoms with Gasteiger partial charge >= 0.3 is 0 Å². The van der Waals surface area contributed by atoms with Crippen molar-refractivity contribution in [2.75, 3.05) is 4.90 Å². The predicted molar refractivity (Wildman–Crippen MR) is 72.8 cm³/mol. The number of hydrogen-bond donors (Lipinski definition) is 0. The van der Waals surface area contributed by atoms with Crippen LogP contribution in [0.5, 0.6) is 0 Å². The van der Waals surface area contributed by atoms with Gasteiger partial charge in [0.15, 0.2) is 5.78 Å². The fraction of sp³-hybridized carbons (Fsp3) is 0.125. The molecule has 0 amide bonds. The molecule has 3 heteroatoms. The molecular formula is C16H12N2O. The number of nitrogens with zero attached hydrogens (tertiary/aromatic N) is 2. The average Bonchev–Trinajstić information content (AvgIpc) is 2.73. The number of benzene rings is 1. The molecule has 2 atom stereocenters. The fourth-order valence-corrected chi connectivity index (χ4v) is 3.03. The van der Waals surface area contributed by atoms with E-state index >= 15 is 0 Å². The monoisotopic (exact) mass is 248 g/mol. The summed E-state index contributed by atoms with van der Waals surface area (Å²) < 4.78 is 0. The van der Waals surface area contributed by atoms with E-state index in [0.29, 0.717) is 0 Å². The molecule has 1 aromatic heterocycles. The first-order chi connectivity index (χ1) is 9.36. The molecule has 92 valence electrons. The standard InChI is InChI=1S/C16H12N2O/c19-14-9-8-13-11-5-1-2-6-12(11)16(14)18(13)15-7-3-4-10-17-15/h1-10,13,16H. The molecule has 0 fully saturated rings. The van der Waals surface area contributed by atoms with Crippen LogP contribution in [0.1, 0.15) is 23.2 Å². The molecule has 1 aromatic carbocycles. The van der Waals surface area contributed by atoms with E-state index in [9.17, 15) is 4.79 Å². The summed E-state index contributed by atoms with van der Waals surface area (Å²) in [5.74, 6) is 0.984. The molecule has 0 saturated heterocycles. The summed E-state index contributed by atoms with van der Waals surface area (Å²) in [6.45, 7) is 0. The first kappa shape index (κ1) is 10.5. The molecule has 2 unspecified atom stereocenters. The Morgan fingerprint density at radius 2 is 1.79 bits per heavy atom. The number of hydrogen-bond acceptors (Lipinski definition) is 3. The molecule has 0 N–H and O–H groups in total. The Kier molecular flexibility index (Phi) is 2.09. The summed E-state index contributed by atoms with van der Waals surface area (Å²) >= 11 is 0. The van der Waals surface area contributed by atoms with E-state index in [1.54, 1.807) is 12.3 Å². The van der Waals surface area contributed by atoms with Gasteiger partial charge in [-0.2, -0.15) is 0 Å². The zero-order valence-corrected chi connectivity index (χ0v) is 10.2. The van der Waals surface area contributed by atoms with Crippen LogP contribution >= 0.6 is 0 Å². The van der Waals surface area contributed by atoms with E-state index in [-0.39, 0.29) is 17.9 Å². The zero-order chi connectivity index (χ0) is 12.8.